The molecule has 0 amide bonds. The molecule has 0 aliphatic heterocycles. The molecule has 2 nitrogen and oxygen atoms in total. The van der Waals surface area contributed by atoms with Crippen LogP contribution < -0.4 is 0 Å². The molecule has 0 bridgehead atoms. The molecule has 1 saturated carbocycles. The SMILES string of the molecule is CCC(CC)C1CCC(c2cc(C)c(O)c(C)c2)(c2cc(C)c(O)c(C)c2)CC1. The van der Waals surface area contributed by atoms with Crippen molar-refractivity contribution in [2.24, 2.45) is 11.8 Å². The highest BCUT2D eigenvalue weighted by Gasteiger charge is 2.40. The molecule has 0 radical (unpaired) electrons. The highest BCUT2D eigenvalue weighted by Crippen LogP contribution is 2.50. The minimum Gasteiger partial charge on any atom is -0.507 e. The van der Waals surface area contributed by atoms with E-state index in [1.165, 1.54) is 36.8 Å². The van der Waals surface area contributed by atoms with E-state index in [9.17, 15) is 10.2 Å². The molecule has 2 aromatic carbocycles. The molecule has 3 rings (SSSR count). The first-order chi connectivity index (χ1) is 13.7. The number of phenolic OH excluding ortho intramolecular Hbond substituents is 2. The minimum atomic E-state index is -0.0467. The average molecular weight is 395 g/mol. The zero-order valence-electron chi connectivity index (χ0n) is 19.1. The van der Waals surface area contributed by atoms with E-state index in [2.05, 4.69) is 38.1 Å². The molecule has 1 aliphatic rings. The first-order valence-corrected chi connectivity index (χ1v) is 11.3. The second-order valence-corrected chi connectivity index (χ2v) is 9.41. The molecule has 0 unspecified atom stereocenters. The molecule has 0 atom stereocenters. The summed E-state index contributed by atoms with van der Waals surface area (Å²) in [5.74, 6) is 2.44. The van der Waals surface area contributed by atoms with Crippen molar-refractivity contribution in [2.45, 2.75) is 85.5 Å². The number of hydrogen-bond acceptors (Lipinski definition) is 2. The van der Waals surface area contributed by atoms with E-state index in [4.69, 9.17) is 0 Å². The average Bonchev–Trinajstić information content (AvgIpc) is 2.71. The fourth-order valence-corrected chi connectivity index (χ4v) is 5.77. The zero-order valence-corrected chi connectivity index (χ0v) is 19.1. The van der Waals surface area contributed by atoms with E-state index >= 15 is 0 Å². The standard InChI is InChI=1S/C27H38O2/c1-7-21(8-2)22-9-11-27(12-10-22,23-13-17(3)25(28)18(4)14-23)24-15-19(5)26(29)20(6)16-24/h13-16,21-22,28-29H,7-12H2,1-6H3. The van der Waals surface area contributed by atoms with Gasteiger partial charge in [-0.2, -0.15) is 0 Å². The smallest absolute Gasteiger partial charge is 0.121 e. The summed E-state index contributed by atoms with van der Waals surface area (Å²) in [6.45, 7) is 12.7. The molecule has 29 heavy (non-hydrogen) atoms. The van der Waals surface area contributed by atoms with Crippen molar-refractivity contribution in [2.75, 3.05) is 0 Å². The summed E-state index contributed by atoms with van der Waals surface area (Å²) in [6.07, 6.45) is 7.27. The predicted octanol–water partition coefficient (Wildman–Crippen LogP) is 7.24. The molecule has 1 aliphatic carbocycles. The number of phenols is 2. The van der Waals surface area contributed by atoms with Gasteiger partial charge in [-0.05, 0) is 98.6 Å². The predicted molar refractivity (Wildman–Crippen MR) is 122 cm³/mol. The van der Waals surface area contributed by atoms with Crippen LogP contribution in [-0.2, 0) is 5.41 Å². The number of aryl methyl sites for hydroxylation is 4. The van der Waals surface area contributed by atoms with Crippen molar-refractivity contribution in [1.82, 2.24) is 0 Å². The Hall–Kier alpha value is -1.96. The molecule has 0 aromatic heterocycles. The lowest BCUT2D eigenvalue weighted by atomic mass is 9.60. The van der Waals surface area contributed by atoms with E-state index in [1.807, 2.05) is 27.7 Å². The van der Waals surface area contributed by atoms with E-state index in [-0.39, 0.29) is 5.41 Å². The first kappa shape index (κ1) is 21.7. The second kappa shape index (κ2) is 8.42. The molecular weight excluding hydrogens is 356 g/mol. The molecule has 0 saturated heterocycles. The molecule has 2 aromatic rings. The minimum absolute atomic E-state index is 0.0467. The molecule has 2 heteroatoms. The van der Waals surface area contributed by atoms with Gasteiger partial charge in [0.25, 0.3) is 0 Å². The first-order valence-electron chi connectivity index (χ1n) is 11.3. The van der Waals surface area contributed by atoms with E-state index < -0.39 is 0 Å². The van der Waals surface area contributed by atoms with Crippen LogP contribution in [0.4, 0.5) is 0 Å². The number of hydrogen-bond donors (Lipinski definition) is 2. The van der Waals surface area contributed by atoms with Gasteiger partial charge < -0.3 is 10.2 Å². The summed E-state index contributed by atoms with van der Waals surface area (Å²) < 4.78 is 0. The normalized spacial score (nSPS) is 17.1. The largest absolute Gasteiger partial charge is 0.507 e. The summed E-state index contributed by atoms with van der Waals surface area (Å²) in [5, 5.41) is 20.7. The van der Waals surface area contributed by atoms with Crippen LogP contribution in [0.1, 0.15) is 85.8 Å². The maximum Gasteiger partial charge on any atom is 0.121 e. The van der Waals surface area contributed by atoms with Crippen LogP contribution in [0.15, 0.2) is 24.3 Å². The monoisotopic (exact) mass is 394 g/mol. The van der Waals surface area contributed by atoms with Gasteiger partial charge in [0, 0.05) is 5.41 Å². The molecule has 1 fully saturated rings. The summed E-state index contributed by atoms with van der Waals surface area (Å²) in [6, 6.07) is 8.77. The lowest BCUT2D eigenvalue weighted by Gasteiger charge is -2.44. The van der Waals surface area contributed by atoms with Gasteiger partial charge in [-0.3, -0.25) is 0 Å². The summed E-state index contributed by atoms with van der Waals surface area (Å²) in [4.78, 5) is 0. The topological polar surface area (TPSA) is 40.5 Å². The van der Waals surface area contributed by atoms with Crippen LogP contribution >= 0.6 is 0 Å². The van der Waals surface area contributed by atoms with Crippen molar-refractivity contribution in [3.63, 3.8) is 0 Å². The van der Waals surface area contributed by atoms with Crippen molar-refractivity contribution in [3.8, 4) is 11.5 Å². The quantitative estimate of drug-likeness (QED) is 0.561. The third-order valence-electron chi connectivity index (χ3n) is 7.69. The van der Waals surface area contributed by atoms with E-state index in [0.717, 1.165) is 46.9 Å². The highest BCUT2D eigenvalue weighted by atomic mass is 16.3. The van der Waals surface area contributed by atoms with Crippen LogP contribution in [0.2, 0.25) is 0 Å². The van der Waals surface area contributed by atoms with Crippen LogP contribution in [-0.4, -0.2) is 10.2 Å². The van der Waals surface area contributed by atoms with Gasteiger partial charge in [0.05, 0.1) is 0 Å². The Bertz CT molecular complexity index is 763. The second-order valence-electron chi connectivity index (χ2n) is 9.41. The summed E-state index contributed by atoms with van der Waals surface area (Å²) >= 11 is 0. The zero-order chi connectivity index (χ0) is 21.3. The van der Waals surface area contributed by atoms with E-state index in [1.54, 1.807) is 0 Å². The summed E-state index contributed by atoms with van der Waals surface area (Å²) in [7, 11) is 0. The Morgan fingerprint density at radius 3 is 1.41 bits per heavy atom. The van der Waals surface area contributed by atoms with Crippen molar-refractivity contribution in [1.29, 1.82) is 0 Å². The lowest BCUT2D eigenvalue weighted by molar-refractivity contribution is 0.190. The third kappa shape index (κ3) is 3.91. The number of benzene rings is 2. The maximum atomic E-state index is 10.4. The van der Waals surface area contributed by atoms with Crippen molar-refractivity contribution >= 4 is 0 Å². The Kier molecular flexibility index (Phi) is 6.31. The van der Waals surface area contributed by atoms with Gasteiger partial charge in [-0.25, -0.2) is 0 Å². The van der Waals surface area contributed by atoms with Gasteiger partial charge >= 0.3 is 0 Å². The van der Waals surface area contributed by atoms with Gasteiger partial charge in [0.1, 0.15) is 11.5 Å². The van der Waals surface area contributed by atoms with E-state index in [0.29, 0.717) is 11.5 Å². The molecule has 2 N–H and O–H groups in total. The van der Waals surface area contributed by atoms with Gasteiger partial charge in [-0.15, -0.1) is 0 Å². The van der Waals surface area contributed by atoms with Crippen LogP contribution in [0.5, 0.6) is 11.5 Å². The molecule has 0 heterocycles. The maximum absolute atomic E-state index is 10.4. The Morgan fingerprint density at radius 1 is 0.759 bits per heavy atom. The highest BCUT2D eigenvalue weighted by molar-refractivity contribution is 5.52. The van der Waals surface area contributed by atoms with Gasteiger partial charge in [0.2, 0.25) is 0 Å². The van der Waals surface area contributed by atoms with Crippen LogP contribution in [0.25, 0.3) is 0 Å². The lowest BCUT2D eigenvalue weighted by Crippen LogP contribution is -2.35. The van der Waals surface area contributed by atoms with Crippen LogP contribution in [0, 0.1) is 39.5 Å². The van der Waals surface area contributed by atoms with Crippen molar-refractivity contribution < 1.29 is 10.2 Å². The molecule has 0 spiro atoms. The fourth-order valence-electron chi connectivity index (χ4n) is 5.77. The molecule has 158 valence electrons. The van der Waals surface area contributed by atoms with Crippen LogP contribution in [0.3, 0.4) is 0 Å². The Balaban J connectivity index is 2.11. The Morgan fingerprint density at radius 2 is 1.10 bits per heavy atom. The molecular formula is C27H38O2. The number of aromatic hydroxyl groups is 2. The van der Waals surface area contributed by atoms with Gasteiger partial charge in [0.15, 0.2) is 0 Å². The Labute approximate surface area is 177 Å². The third-order valence-corrected chi connectivity index (χ3v) is 7.69. The van der Waals surface area contributed by atoms with Crippen molar-refractivity contribution in [3.05, 3.63) is 57.6 Å². The van der Waals surface area contributed by atoms with Gasteiger partial charge in [-0.1, -0.05) is 51.0 Å². The fraction of sp³-hybridized carbons (Fsp3) is 0.556. The number of rotatable bonds is 5. The summed E-state index contributed by atoms with van der Waals surface area (Å²) in [5.41, 5.74) is 6.40.